The molecule has 0 fully saturated rings. The summed E-state index contributed by atoms with van der Waals surface area (Å²) in [6, 6.07) is 3.82. The van der Waals surface area contributed by atoms with Gasteiger partial charge in [-0.15, -0.1) is 0 Å². The molecular weight excluding hydrogens is 360 g/mol. The number of carbonyl (C=O) groups is 2. The highest BCUT2D eigenvalue weighted by atomic mass is 16.4. The topological polar surface area (TPSA) is 106 Å². The van der Waals surface area contributed by atoms with Crippen LogP contribution in [-0.2, 0) is 24.3 Å². The second kappa shape index (κ2) is 6.74. The van der Waals surface area contributed by atoms with Gasteiger partial charge in [-0.25, -0.2) is 9.50 Å². The minimum absolute atomic E-state index is 0.0467. The molecule has 146 valence electrons. The van der Waals surface area contributed by atoms with E-state index >= 15 is 0 Å². The fraction of sp³-hybridized carbons (Fsp3) is 0.421. The van der Waals surface area contributed by atoms with Gasteiger partial charge in [0.15, 0.2) is 5.65 Å². The molecule has 1 N–H and O–H groups in total. The first kappa shape index (κ1) is 18.1. The van der Waals surface area contributed by atoms with Crippen molar-refractivity contribution in [3.05, 3.63) is 46.2 Å². The summed E-state index contributed by atoms with van der Waals surface area (Å²) in [6.45, 7) is 7.23. The molecule has 9 nitrogen and oxygen atoms in total. The van der Waals surface area contributed by atoms with E-state index in [0.717, 1.165) is 22.8 Å². The molecule has 0 spiro atoms. The van der Waals surface area contributed by atoms with Gasteiger partial charge in [0.2, 0.25) is 0 Å². The zero-order valence-electron chi connectivity index (χ0n) is 16.1. The number of amides is 1. The number of nitrogens with zero attached hydrogens (tertiary/aromatic N) is 6. The Morgan fingerprint density at radius 2 is 1.93 bits per heavy atom. The third kappa shape index (κ3) is 3.12. The minimum Gasteiger partial charge on any atom is -0.481 e. The zero-order chi connectivity index (χ0) is 20.0. The fourth-order valence-corrected chi connectivity index (χ4v) is 3.69. The number of hydrogen-bond acceptors (Lipinski definition) is 5. The lowest BCUT2D eigenvalue weighted by molar-refractivity contribution is -0.136. The van der Waals surface area contributed by atoms with E-state index < -0.39 is 5.97 Å². The summed E-state index contributed by atoms with van der Waals surface area (Å²) in [6.07, 6.45) is 0.434. The third-order valence-corrected chi connectivity index (χ3v) is 5.01. The molecule has 1 aliphatic heterocycles. The monoisotopic (exact) mass is 382 g/mol. The van der Waals surface area contributed by atoms with Crippen LogP contribution in [0.4, 0.5) is 0 Å². The standard InChI is InChI=1S/C19H22N6O3/c1-11-8-12(2)25-18(20-11)17(13(3)21-25)19(28)23-6-7-24-15(10-23)9-14(22-24)4-5-16(26)27/h8-9H,4-7,10H2,1-3H3,(H,26,27). The van der Waals surface area contributed by atoms with Crippen molar-refractivity contribution in [2.24, 2.45) is 0 Å². The van der Waals surface area contributed by atoms with E-state index in [9.17, 15) is 9.59 Å². The number of rotatable bonds is 4. The quantitative estimate of drug-likeness (QED) is 0.733. The molecule has 9 heteroatoms. The molecule has 0 atom stereocenters. The van der Waals surface area contributed by atoms with Crippen molar-refractivity contribution in [2.45, 2.75) is 46.7 Å². The number of aliphatic carboxylic acids is 1. The first-order valence-corrected chi connectivity index (χ1v) is 9.23. The molecule has 0 bridgehead atoms. The molecule has 3 aromatic rings. The number of carboxylic acid groups (broad SMARTS) is 1. The van der Waals surface area contributed by atoms with Crippen LogP contribution in [0.2, 0.25) is 0 Å². The lowest BCUT2D eigenvalue weighted by atomic mass is 10.1. The molecule has 4 rings (SSSR count). The fourth-order valence-electron chi connectivity index (χ4n) is 3.69. The summed E-state index contributed by atoms with van der Waals surface area (Å²) < 4.78 is 3.57. The van der Waals surface area contributed by atoms with Gasteiger partial charge in [0.25, 0.3) is 5.91 Å². The Morgan fingerprint density at radius 1 is 1.14 bits per heavy atom. The van der Waals surface area contributed by atoms with Crippen molar-refractivity contribution in [2.75, 3.05) is 6.54 Å². The number of hydrogen-bond donors (Lipinski definition) is 1. The molecule has 4 heterocycles. The van der Waals surface area contributed by atoms with Crippen LogP contribution in [0, 0.1) is 20.8 Å². The van der Waals surface area contributed by atoms with Crippen LogP contribution >= 0.6 is 0 Å². The van der Waals surface area contributed by atoms with Crippen LogP contribution < -0.4 is 0 Å². The van der Waals surface area contributed by atoms with E-state index in [1.807, 2.05) is 37.6 Å². The van der Waals surface area contributed by atoms with Gasteiger partial charge in [-0.05, 0) is 32.9 Å². The smallest absolute Gasteiger partial charge is 0.303 e. The van der Waals surface area contributed by atoms with E-state index in [1.165, 1.54) is 0 Å². The normalized spacial score (nSPS) is 13.8. The highest BCUT2D eigenvalue weighted by molar-refractivity contribution is 6.01. The van der Waals surface area contributed by atoms with E-state index in [-0.39, 0.29) is 12.3 Å². The van der Waals surface area contributed by atoms with Gasteiger partial charge in [-0.1, -0.05) is 0 Å². The molecule has 1 amide bonds. The maximum absolute atomic E-state index is 13.3. The summed E-state index contributed by atoms with van der Waals surface area (Å²) in [5, 5.41) is 17.8. The minimum atomic E-state index is -0.843. The second-order valence-electron chi connectivity index (χ2n) is 7.21. The Hall–Kier alpha value is -3.23. The maximum Gasteiger partial charge on any atom is 0.303 e. The van der Waals surface area contributed by atoms with Gasteiger partial charge in [0.1, 0.15) is 5.56 Å². The number of aryl methyl sites for hydroxylation is 4. The zero-order valence-corrected chi connectivity index (χ0v) is 16.1. The average molecular weight is 382 g/mol. The summed E-state index contributed by atoms with van der Waals surface area (Å²) in [5.41, 5.74) is 5.21. The van der Waals surface area contributed by atoms with Gasteiger partial charge in [-0.2, -0.15) is 10.2 Å². The highest BCUT2D eigenvalue weighted by Gasteiger charge is 2.28. The highest BCUT2D eigenvalue weighted by Crippen LogP contribution is 2.22. The van der Waals surface area contributed by atoms with Gasteiger partial charge in [0.05, 0.1) is 36.6 Å². The number of fused-ring (bicyclic) bond motifs is 2. The van der Waals surface area contributed by atoms with Crippen LogP contribution in [0.3, 0.4) is 0 Å². The van der Waals surface area contributed by atoms with Crippen LogP contribution in [0.25, 0.3) is 5.65 Å². The predicted molar refractivity (Wildman–Crippen MR) is 100 cm³/mol. The van der Waals surface area contributed by atoms with Crippen molar-refractivity contribution >= 4 is 17.5 Å². The van der Waals surface area contributed by atoms with Gasteiger partial charge < -0.3 is 10.0 Å². The maximum atomic E-state index is 13.3. The number of carbonyl (C=O) groups excluding carboxylic acids is 1. The lowest BCUT2D eigenvalue weighted by Crippen LogP contribution is -2.38. The van der Waals surface area contributed by atoms with Crippen molar-refractivity contribution in [1.29, 1.82) is 0 Å². The van der Waals surface area contributed by atoms with E-state index in [4.69, 9.17) is 5.11 Å². The van der Waals surface area contributed by atoms with E-state index in [0.29, 0.717) is 43.0 Å². The molecule has 0 unspecified atom stereocenters. The molecule has 1 aliphatic rings. The average Bonchev–Trinajstić information content (AvgIpc) is 3.19. The Kier molecular flexibility index (Phi) is 4.37. The van der Waals surface area contributed by atoms with Gasteiger partial charge in [-0.3, -0.25) is 14.3 Å². The van der Waals surface area contributed by atoms with Crippen molar-refractivity contribution in [1.82, 2.24) is 29.3 Å². The van der Waals surface area contributed by atoms with Gasteiger partial charge >= 0.3 is 5.97 Å². The largest absolute Gasteiger partial charge is 0.481 e. The number of carboxylic acids is 1. The molecule has 0 radical (unpaired) electrons. The van der Waals surface area contributed by atoms with Gasteiger partial charge in [0, 0.05) is 24.4 Å². The Labute approximate surface area is 161 Å². The van der Waals surface area contributed by atoms with Crippen molar-refractivity contribution in [3.8, 4) is 0 Å². The molecule has 0 aromatic carbocycles. The molecule has 28 heavy (non-hydrogen) atoms. The SMILES string of the molecule is Cc1cc(C)n2nc(C)c(C(=O)N3CCn4nc(CCC(=O)O)cc4C3)c2n1. The second-order valence-corrected chi connectivity index (χ2v) is 7.21. The Morgan fingerprint density at radius 3 is 2.68 bits per heavy atom. The summed E-state index contributed by atoms with van der Waals surface area (Å²) >= 11 is 0. The molecule has 3 aromatic heterocycles. The van der Waals surface area contributed by atoms with Crippen LogP contribution in [-0.4, -0.2) is 52.8 Å². The van der Waals surface area contributed by atoms with Crippen LogP contribution in [0.1, 0.15) is 45.2 Å². The summed E-state index contributed by atoms with van der Waals surface area (Å²) in [7, 11) is 0. The Balaban J connectivity index is 1.61. The van der Waals surface area contributed by atoms with Crippen molar-refractivity contribution < 1.29 is 14.7 Å². The van der Waals surface area contributed by atoms with E-state index in [2.05, 4.69) is 15.2 Å². The Bertz CT molecular complexity index is 1100. The lowest BCUT2D eigenvalue weighted by Gasteiger charge is -2.27. The first-order valence-electron chi connectivity index (χ1n) is 9.23. The van der Waals surface area contributed by atoms with Crippen LogP contribution in [0.5, 0.6) is 0 Å². The van der Waals surface area contributed by atoms with Crippen LogP contribution in [0.15, 0.2) is 12.1 Å². The summed E-state index contributed by atoms with van der Waals surface area (Å²) in [4.78, 5) is 30.4. The molecular formula is C19H22N6O3. The summed E-state index contributed by atoms with van der Waals surface area (Å²) in [5.74, 6) is -0.936. The molecule has 0 saturated carbocycles. The predicted octanol–water partition coefficient (Wildman–Crippen LogP) is 1.52. The molecule has 0 aliphatic carbocycles. The molecule has 0 saturated heterocycles. The van der Waals surface area contributed by atoms with Crippen molar-refractivity contribution in [3.63, 3.8) is 0 Å². The first-order chi connectivity index (χ1) is 13.3. The van der Waals surface area contributed by atoms with E-state index in [1.54, 1.807) is 9.42 Å². The number of aromatic nitrogens is 5. The third-order valence-electron chi connectivity index (χ3n) is 5.01.